The Morgan fingerprint density at radius 2 is 2.24 bits per heavy atom. The first-order valence-electron chi connectivity index (χ1n) is 6.13. The van der Waals surface area contributed by atoms with Gasteiger partial charge in [0.1, 0.15) is 6.10 Å². The van der Waals surface area contributed by atoms with Crippen molar-refractivity contribution in [1.82, 2.24) is 0 Å². The second kappa shape index (κ2) is 3.59. The maximum atomic E-state index is 11.6. The Bertz CT molecular complexity index is 389. The topological polar surface area (TPSA) is 52.6 Å². The Labute approximate surface area is 100.0 Å². The smallest absolute Gasteiger partial charge is 0.330 e. The maximum absolute atomic E-state index is 11.6. The van der Waals surface area contributed by atoms with Crippen molar-refractivity contribution in [3.63, 3.8) is 0 Å². The van der Waals surface area contributed by atoms with Crippen molar-refractivity contribution in [3.05, 3.63) is 12.7 Å². The van der Waals surface area contributed by atoms with E-state index in [0.717, 1.165) is 6.42 Å². The summed E-state index contributed by atoms with van der Waals surface area (Å²) in [5.74, 6) is 0.743. The Balaban J connectivity index is 1.81. The summed E-state index contributed by atoms with van der Waals surface area (Å²) in [6.07, 6.45) is 2.12. The number of cyclic esters (lactones) is 1. The summed E-state index contributed by atoms with van der Waals surface area (Å²) in [5, 5.41) is 0. The molecule has 3 aliphatic rings. The lowest BCUT2D eigenvalue weighted by Gasteiger charge is -2.33. The van der Waals surface area contributed by atoms with Gasteiger partial charge in [-0.2, -0.15) is 0 Å². The first-order chi connectivity index (χ1) is 8.13. The molecule has 0 amide bonds. The van der Waals surface area contributed by atoms with Crippen molar-refractivity contribution >= 4 is 11.9 Å². The van der Waals surface area contributed by atoms with E-state index < -0.39 is 0 Å². The van der Waals surface area contributed by atoms with Gasteiger partial charge in [-0.15, -0.1) is 0 Å². The highest BCUT2D eigenvalue weighted by atomic mass is 16.6. The Kier molecular flexibility index (Phi) is 2.28. The van der Waals surface area contributed by atoms with E-state index in [4.69, 9.17) is 9.47 Å². The van der Waals surface area contributed by atoms with Crippen molar-refractivity contribution in [3.8, 4) is 0 Å². The van der Waals surface area contributed by atoms with Crippen LogP contribution < -0.4 is 0 Å². The van der Waals surface area contributed by atoms with Crippen LogP contribution >= 0.6 is 0 Å². The minimum Gasteiger partial charge on any atom is -0.465 e. The standard InChI is InChI=1S/C13H16O4/c1-3-10(14)17-12-6(2)7-4-8(12)9-5-16-13(15)11(7)9/h3,6-9,11-12H,1,4-5H2,2H3. The monoisotopic (exact) mass is 236 g/mol. The number of carbonyl (C=O) groups excluding carboxylic acids is 2. The van der Waals surface area contributed by atoms with Gasteiger partial charge < -0.3 is 9.47 Å². The number of hydrogen-bond donors (Lipinski definition) is 0. The fourth-order valence-electron chi connectivity index (χ4n) is 4.00. The largest absolute Gasteiger partial charge is 0.465 e. The van der Waals surface area contributed by atoms with Crippen LogP contribution in [-0.2, 0) is 19.1 Å². The zero-order valence-corrected chi connectivity index (χ0v) is 9.80. The minimum atomic E-state index is -0.365. The molecule has 2 bridgehead atoms. The normalized spacial score (nSPS) is 46.5. The molecule has 0 N–H and O–H groups in total. The molecule has 0 aromatic rings. The molecule has 3 fully saturated rings. The molecule has 1 heterocycles. The highest BCUT2D eigenvalue weighted by molar-refractivity contribution is 5.81. The first kappa shape index (κ1) is 10.8. The van der Waals surface area contributed by atoms with E-state index in [1.54, 1.807) is 0 Å². The number of esters is 2. The number of fused-ring (bicyclic) bond motifs is 5. The van der Waals surface area contributed by atoms with Gasteiger partial charge in [0.15, 0.2) is 0 Å². The first-order valence-corrected chi connectivity index (χ1v) is 6.13. The van der Waals surface area contributed by atoms with E-state index in [9.17, 15) is 9.59 Å². The van der Waals surface area contributed by atoms with Gasteiger partial charge in [0, 0.05) is 17.9 Å². The summed E-state index contributed by atoms with van der Waals surface area (Å²) in [5.41, 5.74) is 0. The summed E-state index contributed by atoms with van der Waals surface area (Å²) < 4.78 is 10.6. The molecule has 3 rings (SSSR count). The Morgan fingerprint density at radius 1 is 1.47 bits per heavy atom. The van der Waals surface area contributed by atoms with Crippen LogP contribution in [0.5, 0.6) is 0 Å². The van der Waals surface area contributed by atoms with Crippen LogP contribution in [0.4, 0.5) is 0 Å². The highest BCUT2D eigenvalue weighted by Crippen LogP contribution is 2.58. The Hall–Kier alpha value is -1.32. The lowest BCUT2D eigenvalue weighted by molar-refractivity contribution is -0.150. The van der Waals surface area contributed by atoms with Crippen LogP contribution in [0.15, 0.2) is 12.7 Å². The molecule has 1 aliphatic heterocycles. The summed E-state index contributed by atoms with van der Waals surface area (Å²) in [4.78, 5) is 22.9. The average Bonchev–Trinajstić information content (AvgIpc) is 2.94. The molecule has 0 aromatic carbocycles. The second-order valence-corrected chi connectivity index (χ2v) is 5.35. The molecule has 4 heteroatoms. The zero-order valence-electron chi connectivity index (χ0n) is 9.80. The predicted molar refractivity (Wildman–Crippen MR) is 58.8 cm³/mol. The molecular formula is C13H16O4. The van der Waals surface area contributed by atoms with E-state index in [-0.39, 0.29) is 41.7 Å². The summed E-state index contributed by atoms with van der Waals surface area (Å²) >= 11 is 0. The van der Waals surface area contributed by atoms with Gasteiger partial charge in [0.05, 0.1) is 12.5 Å². The number of ether oxygens (including phenoxy) is 2. The van der Waals surface area contributed by atoms with Gasteiger partial charge >= 0.3 is 11.9 Å². The Morgan fingerprint density at radius 3 is 2.94 bits per heavy atom. The van der Waals surface area contributed by atoms with Crippen molar-refractivity contribution in [2.45, 2.75) is 19.4 Å². The third-order valence-corrected chi connectivity index (χ3v) is 4.74. The molecule has 0 spiro atoms. The third kappa shape index (κ3) is 1.36. The lowest BCUT2D eigenvalue weighted by atomic mass is 9.74. The van der Waals surface area contributed by atoms with Crippen LogP contribution in [-0.4, -0.2) is 24.6 Å². The molecular weight excluding hydrogens is 220 g/mol. The molecule has 6 unspecified atom stereocenters. The number of carbonyl (C=O) groups is 2. The van der Waals surface area contributed by atoms with Crippen LogP contribution in [0.25, 0.3) is 0 Å². The molecule has 2 aliphatic carbocycles. The minimum absolute atomic E-state index is 0.0497. The van der Waals surface area contributed by atoms with E-state index in [0.29, 0.717) is 12.5 Å². The summed E-state index contributed by atoms with van der Waals surface area (Å²) in [7, 11) is 0. The average molecular weight is 236 g/mol. The fraction of sp³-hybridized carbons (Fsp3) is 0.692. The molecule has 0 aromatic heterocycles. The van der Waals surface area contributed by atoms with Gasteiger partial charge in [-0.25, -0.2) is 4.79 Å². The molecule has 17 heavy (non-hydrogen) atoms. The zero-order chi connectivity index (χ0) is 12.2. The molecule has 1 saturated heterocycles. The van der Waals surface area contributed by atoms with Crippen molar-refractivity contribution < 1.29 is 19.1 Å². The van der Waals surface area contributed by atoms with E-state index in [2.05, 4.69) is 13.5 Å². The summed E-state index contributed by atoms with van der Waals surface area (Å²) in [6, 6.07) is 0. The lowest BCUT2D eigenvalue weighted by Crippen LogP contribution is -2.40. The quantitative estimate of drug-likeness (QED) is 0.533. The predicted octanol–water partition coefficient (Wildman–Crippen LogP) is 1.16. The number of hydrogen-bond acceptors (Lipinski definition) is 4. The van der Waals surface area contributed by atoms with Crippen LogP contribution in [0.1, 0.15) is 13.3 Å². The van der Waals surface area contributed by atoms with Gasteiger partial charge in [0.2, 0.25) is 0 Å². The molecule has 92 valence electrons. The van der Waals surface area contributed by atoms with Gasteiger partial charge in [-0.05, 0) is 18.3 Å². The van der Waals surface area contributed by atoms with Crippen molar-refractivity contribution in [2.24, 2.45) is 29.6 Å². The van der Waals surface area contributed by atoms with Crippen molar-refractivity contribution in [2.75, 3.05) is 6.61 Å². The van der Waals surface area contributed by atoms with Crippen LogP contribution in [0.3, 0.4) is 0 Å². The van der Waals surface area contributed by atoms with E-state index in [1.165, 1.54) is 6.08 Å². The molecule has 2 saturated carbocycles. The van der Waals surface area contributed by atoms with E-state index >= 15 is 0 Å². The van der Waals surface area contributed by atoms with Crippen LogP contribution in [0, 0.1) is 29.6 Å². The third-order valence-electron chi connectivity index (χ3n) is 4.74. The number of rotatable bonds is 2. The van der Waals surface area contributed by atoms with Crippen LogP contribution in [0.2, 0.25) is 0 Å². The molecule has 0 radical (unpaired) electrons. The highest BCUT2D eigenvalue weighted by Gasteiger charge is 2.63. The van der Waals surface area contributed by atoms with Gasteiger partial charge in [-0.3, -0.25) is 4.79 Å². The van der Waals surface area contributed by atoms with Gasteiger partial charge in [-0.1, -0.05) is 13.5 Å². The SMILES string of the molecule is C=CC(=O)OC1C(C)C2CC1C1COC(=O)C21. The van der Waals surface area contributed by atoms with Crippen molar-refractivity contribution in [1.29, 1.82) is 0 Å². The summed E-state index contributed by atoms with van der Waals surface area (Å²) in [6.45, 7) is 5.98. The molecule has 4 nitrogen and oxygen atoms in total. The van der Waals surface area contributed by atoms with Gasteiger partial charge in [0.25, 0.3) is 0 Å². The molecule has 6 atom stereocenters. The fourth-order valence-corrected chi connectivity index (χ4v) is 4.00. The maximum Gasteiger partial charge on any atom is 0.330 e. The second-order valence-electron chi connectivity index (χ2n) is 5.35. The van der Waals surface area contributed by atoms with E-state index in [1.807, 2.05) is 0 Å².